The number of fused-ring (bicyclic) bond motifs is 1. The van der Waals surface area contributed by atoms with Crippen LogP contribution in [-0.2, 0) is 7.05 Å². The number of hydrogen-bond donors (Lipinski definition) is 1. The highest BCUT2D eigenvalue weighted by Gasteiger charge is 2.11. The lowest BCUT2D eigenvalue weighted by molar-refractivity contribution is 0.783. The van der Waals surface area contributed by atoms with Gasteiger partial charge in [0.05, 0.1) is 10.9 Å². The van der Waals surface area contributed by atoms with Crippen molar-refractivity contribution >= 4 is 29.3 Å². The van der Waals surface area contributed by atoms with Crippen molar-refractivity contribution in [1.82, 2.24) is 14.8 Å². The Labute approximate surface area is 91.7 Å². The molecule has 16 heavy (non-hydrogen) atoms. The Kier molecular flexibility index (Phi) is 2.40. The Bertz CT molecular complexity index is 616. The molecule has 6 nitrogen and oxygen atoms in total. The first kappa shape index (κ1) is 10.3. The van der Waals surface area contributed by atoms with Crippen LogP contribution in [0.1, 0.15) is 0 Å². The van der Waals surface area contributed by atoms with Gasteiger partial charge in [0.15, 0.2) is 5.82 Å². The second-order valence-corrected chi connectivity index (χ2v) is 3.25. The van der Waals surface area contributed by atoms with Gasteiger partial charge < -0.3 is 5.32 Å². The predicted molar refractivity (Wildman–Crippen MR) is 63.5 cm³/mol. The number of aliphatic imine (C=N–C) groups is 1. The van der Waals surface area contributed by atoms with Crippen molar-refractivity contribution in [2.24, 2.45) is 12.0 Å². The van der Waals surface area contributed by atoms with Gasteiger partial charge in [0.25, 0.3) is 5.56 Å². The van der Waals surface area contributed by atoms with Gasteiger partial charge in [0, 0.05) is 20.2 Å². The van der Waals surface area contributed by atoms with Crippen molar-refractivity contribution in [3.05, 3.63) is 22.5 Å². The quantitative estimate of drug-likeness (QED) is 0.752. The third kappa shape index (κ3) is 1.44. The molecule has 0 amide bonds. The van der Waals surface area contributed by atoms with Crippen molar-refractivity contribution in [3.8, 4) is 0 Å². The van der Waals surface area contributed by atoms with Crippen molar-refractivity contribution in [3.63, 3.8) is 0 Å². The average Bonchev–Trinajstić information content (AvgIpc) is 2.50. The summed E-state index contributed by atoms with van der Waals surface area (Å²) >= 11 is 0. The molecule has 0 aliphatic rings. The summed E-state index contributed by atoms with van der Waals surface area (Å²) < 4.78 is 1.60. The van der Waals surface area contributed by atoms with E-state index in [9.17, 15) is 4.79 Å². The summed E-state index contributed by atoms with van der Waals surface area (Å²) in [5.41, 5.74) is 0.337. The van der Waals surface area contributed by atoms with Crippen LogP contribution < -0.4 is 10.9 Å². The van der Waals surface area contributed by atoms with Gasteiger partial charge >= 0.3 is 0 Å². The predicted octanol–water partition coefficient (Wildman–Crippen LogP) is 0.702. The van der Waals surface area contributed by atoms with E-state index < -0.39 is 0 Å². The maximum absolute atomic E-state index is 11.3. The number of hydrogen-bond acceptors (Lipinski definition) is 5. The number of nitrogens with zero attached hydrogens (tertiary/aromatic N) is 4. The number of aryl methyl sites for hydroxylation is 1. The van der Waals surface area contributed by atoms with Crippen LogP contribution in [0.15, 0.2) is 21.9 Å². The molecule has 0 saturated heterocycles. The molecule has 2 aromatic heterocycles. The summed E-state index contributed by atoms with van der Waals surface area (Å²) in [7, 11) is 3.46. The molecule has 6 heteroatoms. The molecule has 2 aromatic rings. The topological polar surface area (TPSA) is 72.2 Å². The Morgan fingerprint density at radius 1 is 1.50 bits per heavy atom. The monoisotopic (exact) mass is 217 g/mol. The molecule has 0 radical (unpaired) electrons. The number of aromatic nitrogens is 3. The number of nitrogens with one attached hydrogen (secondary N) is 1. The molecule has 0 aliphatic heterocycles. The molecule has 0 saturated carbocycles. The second-order valence-electron chi connectivity index (χ2n) is 3.25. The van der Waals surface area contributed by atoms with Gasteiger partial charge in [-0.05, 0) is 12.8 Å². The standard InChI is InChI=1S/C10H11N5O/c1-11-9-8-6(4-5-7(16)13-9)14-15(3)10(8)12-2/h4-5H,2H2,1,3H3,(H,11,13,16). The van der Waals surface area contributed by atoms with E-state index in [1.807, 2.05) is 0 Å². The Morgan fingerprint density at radius 3 is 2.88 bits per heavy atom. The zero-order valence-electron chi connectivity index (χ0n) is 9.06. The molecule has 0 aromatic carbocycles. The van der Waals surface area contributed by atoms with E-state index in [0.717, 1.165) is 0 Å². The first-order valence-electron chi connectivity index (χ1n) is 4.70. The van der Waals surface area contributed by atoms with Gasteiger partial charge in [0.2, 0.25) is 0 Å². The molecule has 0 atom stereocenters. The fourth-order valence-corrected chi connectivity index (χ4v) is 1.60. The van der Waals surface area contributed by atoms with Gasteiger partial charge in [-0.25, -0.2) is 9.67 Å². The van der Waals surface area contributed by atoms with Crippen molar-refractivity contribution in [1.29, 1.82) is 0 Å². The third-order valence-corrected chi connectivity index (χ3v) is 2.27. The molecule has 2 rings (SSSR count). The van der Waals surface area contributed by atoms with Gasteiger partial charge in [-0.3, -0.25) is 4.79 Å². The summed E-state index contributed by atoms with van der Waals surface area (Å²) in [6.45, 7) is 3.49. The van der Waals surface area contributed by atoms with E-state index >= 15 is 0 Å². The minimum absolute atomic E-state index is 0.319. The Hall–Kier alpha value is -2.24. The van der Waals surface area contributed by atoms with E-state index in [-0.39, 0.29) is 5.56 Å². The average molecular weight is 217 g/mol. The fourth-order valence-electron chi connectivity index (χ4n) is 1.60. The summed E-state index contributed by atoms with van der Waals surface area (Å²) in [6.07, 6.45) is 0. The van der Waals surface area contributed by atoms with Crippen molar-refractivity contribution in [2.75, 3.05) is 12.4 Å². The number of rotatable bonds is 2. The molecule has 0 fully saturated rings. The SMILES string of the molecule is C=Nc1c2c(NC)nc(=O)ccc2nn1C. The van der Waals surface area contributed by atoms with Crippen LogP contribution in [-0.4, -0.2) is 28.5 Å². The third-order valence-electron chi connectivity index (χ3n) is 2.27. The molecule has 0 aliphatic carbocycles. The lowest BCUT2D eigenvalue weighted by Gasteiger charge is -1.97. The molecule has 0 spiro atoms. The van der Waals surface area contributed by atoms with E-state index in [1.165, 1.54) is 6.07 Å². The summed E-state index contributed by atoms with van der Waals surface area (Å²) in [6, 6.07) is 3.00. The zero-order chi connectivity index (χ0) is 11.7. The van der Waals surface area contributed by atoms with Crippen molar-refractivity contribution in [2.45, 2.75) is 0 Å². The van der Waals surface area contributed by atoms with Crippen LogP contribution >= 0.6 is 0 Å². The first-order chi connectivity index (χ1) is 7.67. The fraction of sp³-hybridized carbons (Fsp3) is 0.200. The smallest absolute Gasteiger partial charge is 0.271 e. The highest BCUT2D eigenvalue weighted by Crippen LogP contribution is 2.28. The van der Waals surface area contributed by atoms with Crippen LogP contribution in [0.5, 0.6) is 0 Å². The summed E-state index contributed by atoms with van der Waals surface area (Å²) in [5.74, 6) is 1.04. The largest absolute Gasteiger partial charge is 0.372 e. The van der Waals surface area contributed by atoms with Crippen LogP contribution in [0, 0.1) is 0 Å². The molecule has 2 heterocycles. The van der Waals surface area contributed by atoms with Gasteiger partial charge in [-0.2, -0.15) is 10.1 Å². The van der Waals surface area contributed by atoms with Crippen LogP contribution in [0.3, 0.4) is 0 Å². The van der Waals surface area contributed by atoms with Gasteiger partial charge in [0.1, 0.15) is 5.82 Å². The Morgan fingerprint density at radius 2 is 2.25 bits per heavy atom. The lowest BCUT2D eigenvalue weighted by atomic mass is 10.3. The molecule has 0 bridgehead atoms. The second kappa shape index (κ2) is 3.73. The summed E-state index contributed by atoms with van der Waals surface area (Å²) in [5, 5.41) is 7.80. The Balaban J connectivity index is 3.02. The van der Waals surface area contributed by atoms with Gasteiger partial charge in [-0.15, -0.1) is 0 Å². The normalized spacial score (nSPS) is 10.4. The minimum atomic E-state index is -0.319. The minimum Gasteiger partial charge on any atom is -0.372 e. The molecule has 0 unspecified atom stereocenters. The maximum Gasteiger partial charge on any atom is 0.271 e. The lowest BCUT2D eigenvalue weighted by Crippen LogP contribution is -2.02. The van der Waals surface area contributed by atoms with Crippen LogP contribution in [0.2, 0.25) is 0 Å². The van der Waals surface area contributed by atoms with Crippen LogP contribution in [0.25, 0.3) is 10.9 Å². The molecule has 1 N–H and O–H groups in total. The van der Waals surface area contributed by atoms with E-state index in [2.05, 4.69) is 27.1 Å². The molecular weight excluding hydrogens is 206 g/mol. The first-order valence-corrected chi connectivity index (χ1v) is 4.70. The van der Waals surface area contributed by atoms with Gasteiger partial charge in [-0.1, -0.05) is 0 Å². The van der Waals surface area contributed by atoms with E-state index in [4.69, 9.17) is 0 Å². The summed E-state index contributed by atoms with van der Waals surface area (Å²) in [4.78, 5) is 19.1. The molecular formula is C10H11N5O. The molecule has 82 valence electrons. The van der Waals surface area contributed by atoms with E-state index in [1.54, 1.807) is 24.8 Å². The zero-order valence-corrected chi connectivity index (χ0v) is 9.06. The number of anilines is 1. The van der Waals surface area contributed by atoms with Crippen molar-refractivity contribution < 1.29 is 0 Å². The maximum atomic E-state index is 11.3. The highest BCUT2D eigenvalue weighted by molar-refractivity contribution is 5.97. The highest BCUT2D eigenvalue weighted by atomic mass is 16.1. The van der Waals surface area contributed by atoms with Crippen LogP contribution in [0.4, 0.5) is 11.6 Å². The van der Waals surface area contributed by atoms with E-state index in [0.29, 0.717) is 22.5 Å².